The highest BCUT2D eigenvalue weighted by Gasteiger charge is 2.23. The molecule has 25 heavy (non-hydrogen) atoms. The molecule has 0 fully saturated rings. The summed E-state index contributed by atoms with van der Waals surface area (Å²) >= 11 is 18.5. The van der Waals surface area contributed by atoms with E-state index in [9.17, 15) is 0 Å². The van der Waals surface area contributed by atoms with Crippen molar-refractivity contribution in [1.82, 2.24) is 14.8 Å². The molecule has 1 aliphatic heterocycles. The second-order valence-corrected chi connectivity index (χ2v) is 6.74. The number of fused-ring (bicyclic) bond motifs is 1. The Labute approximate surface area is 158 Å². The summed E-state index contributed by atoms with van der Waals surface area (Å²) in [6, 6.07) is 8.86. The van der Waals surface area contributed by atoms with Gasteiger partial charge in [0.1, 0.15) is 12.3 Å². The van der Waals surface area contributed by atoms with E-state index in [1.165, 1.54) is 4.68 Å². The number of aryl methyl sites for hydroxylation is 1. The quantitative estimate of drug-likeness (QED) is 0.605. The first-order chi connectivity index (χ1) is 12.0. The van der Waals surface area contributed by atoms with Crippen LogP contribution in [-0.4, -0.2) is 20.7 Å². The summed E-state index contributed by atoms with van der Waals surface area (Å²) in [7, 11) is 0. The van der Waals surface area contributed by atoms with Gasteiger partial charge in [-0.2, -0.15) is 5.10 Å². The minimum atomic E-state index is 0.293. The molecule has 0 saturated heterocycles. The van der Waals surface area contributed by atoms with Crippen LogP contribution in [0.1, 0.15) is 16.8 Å². The molecule has 3 aromatic rings. The topological polar surface area (TPSA) is 52.3 Å². The Morgan fingerprint density at radius 2 is 2.00 bits per heavy atom. The lowest BCUT2D eigenvalue weighted by Crippen LogP contribution is -2.17. The van der Waals surface area contributed by atoms with E-state index >= 15 is 0 Å². The van der Waals surface area contributed by atoms with Crippen molar-refractivity contribution in [3.05, 3.63) is 68.5 Å². The lowest BCUT2D eigenvalue weighted by Gasteiger charge is -2.19. The highest BCUT2D eigenvalue weighted by molar-refractivity contribution is 6.32. The predicted molar refractivity (Wildman–Crippen MR) is 98.6 cm³/mol. The number of hydrogen-bond donors (Lipinski definition) is 0. The molecule has 2 aromatic heterocycles. The molecular formula is C17H11Cl3N4O. The molecule has 0 spiro atoms. The van der Waals surface area contributed by atoms with Gasteiger partial charge in [-0.25, -0.2) is 14.7 Å². The monoisotopic (exact) mass is 392 g/mol. The lowest BCUT2D eigenvalue weighted by atomic mass is 10.1. The molecule has 1 aliphatic rings. The number of pyridine rings is 1. The van der Waals surface area contributed by atoms with Crippen molar-refractivity contribution in [3.8, 4) is 5.82 Å². The molecule has 1 aromatic carbocycles. The van der Waals surface area contributed by atoms with Gasteiger partial charge in [0.05, 0.1) is 10.7 Å². The average Bonchev–Trinajstić information content (AvgIpc) is 2.96. The Bertz CT molecular complexity index is 1010. The van der Waals surface area contributed by atoms with Crippen LogP contribution in [0.25, 0.3) is 5.82 Å². The van der Waals surface area contributed by atoms with Gasteiger partial charge < -0.3 is 4.74 Å². The number of ether oxygens (including phenoxy) is 1. The number of aliphatic imine (C=N–C) groups is 1. The second-order valence-electron chi connectivity index (χ2n) is 5.51. The van der Waals surface area contributed by atoms with Gasteiger partial charge in [-0.15, -0.1) is 0 Å². The number of halogens is 3. The van der Waals surface area contributed by atoms with Crippen molar-refractivity contribution in [2.75, 3.05) is 0 Å². The predicted octanol–water partition coefficient (Wildman–Crippen LogP) is 5.14. The Kier molecular flexibility index (Phi) is 4.15. The molecule has 0 bridgehead atoms. The van der Waals surface area contributed by atoms with Crippen molar-refractivity contribution < 1.29 is 4.74 Å². The van der Waals surface area contributed by atoms with Gasteiger partial charge in [-0.3, -0.25) is 0 Å². The van der Waals surface area contributed by atoms with Crippen LogP contribution in [0.4, 0.5) is 5.69 Å². The van der Waals surface area contributed by atoms with Crippen molar-refractivity contribution >= 4 is 46.4 Å². The molecule has 0 aliphatic carbocycles. The Balaban J connectivity index is 1.87. The maximum absolute atomic E-state index is 6.24. The summed E-state index contributed by atoms with van der Waals surface area (Å²) in [5.41, 5.74) is 3.31. The van der Waals surface area contributed by atoms with Gasteiger partial charge in [-0.05, 0) is 36.8 Å². The molecular weight excluding hydrogens is 383 g/mol. The summed E-state index contributed by atoms with van der Waals surface area (Å²) in [4.78, 5) is 8.90. The minimum absolute atomic E-state index is 0.293. The van der Waals surface area contributed by atoms with Crippen molar-refractivity contribution in [1.29, 1.82) is 0 Å². The maximum Gasteiger partial charge on any atom is 0.241 e. The number of rotatable bonds is 2. The van der Waals surface area contributed by atoms with Crippen molar-refractivity contribution in [2.24, 2.45) is 4.99 Å². The summed E-state index contributed by atoms with van der Waals surface area (Å²) in [6.45, 7) is 2.31. The van der Waals surface area contributed by atoms with Crippen molar-refractivity contribution in [3.63, 3.8) is 0 Å². The van der Waals surface area contributed by atoms with Gasteiger partial charge >= 0.3 is 0 Å². The highest BCUT2D eigenvalue weighted by Crippen LogP contribution is 2.33. The highest BCUT2D eigenvalue weighted by atomic mass is 35.5. The second kappa shape index (κ2) is 6.33. The third-order valence-electron chi connectivity index (χ3n) is 3.76. The fraction of sp³-hybridized carbons (Fsp3) is 0.118. The van der Waals surface area contributed by atoms with Crippen LogP contribution in [0.5, 0.6) is 0 Å². The lowest BCUT2D eigenvalue weighted by molar-refractivity contribution is 0.286. The first-order valence-corrected chi connectivity index (χ1v) is 8.53. The molecule has 5 nitrogen and oxygen atoms in total. The smallest absolute Gasteiger partial charge is 0.241 e. The zero-order valence-corrected chi connectivity index (χ0v) is 15.3. The molecule has 3 heterocycles. The number of aromatic nitrogens is 3. The Morgan fingerprint density at radius 1 is 1.16 bits per heavy atom. The SMILES string of the molecule is Cc1cc(Cl)cc2c1N=C(c1cc(Cl)nn1-c1ncccc1Cl)OC2. The average molecular weight is 394 g/mol. The van der Waals surface area contributed by atoms with Gasteiger partial charge in [0.15, 0.2) is 11.0 Å². The molecule has 0 saturated carbocycles. The molecule has 0 radical (unpaired) electrons. The number of nitrogens with zero attached hydrogens (tertiary/aromatic N) is 4. The summed E-state index contributed by atoms with van der Waals surface area (Å²) in [5.74, 6) is 0.857. The molecule has 8 heteroatoms. The van der Waals surface area contributed by atoms with Crippen LogP contribution >= 0.6 is 34.8 Å². The van der Waals surface area contributed by atoms with Crippen LogP contribution < -0.4 is 0 Å². The zero-order valence-electron chi connectivity index (χ0n) is 13.0. The van der Waals surface area contributed by atoms with E-state index < -0.39 is 0 Å². The Hall–Kier alpha value is -2.08. The normalized spacial score (nSPS) is 13.2. The summed E-state index contributed by atoms with van der Waals surface area (Å²) < 4.78 is 7.34. The maximum atomic E-state index is 6.24. The fourth-order valence-electron chi connectivity index (χ4n) is 2.69. The van der Waals surface area contributed by atoms with Crippen LogP contribution in [0.15, 0.2) is 41.5 Å². The zero-order chi connectivity index (χ0) is 17.6. The Morgan fingerprint density at radius 3 is 2.80 bits per heavy atom. The molecule has 0 atom stereocenters. The van der Waals surface area contributed by atoms with E-state index in [1.54, 1.807) is 24.4 Å². The standard InChI is InChI=1S/C17H11Cl3N4O/c1-9-5-11(18)6-10-8-25-17(22-15(9)10)13-7-14(20)23-24(13)16-12(19)3-2-4-21-16/h2-7H,8H2,1H3. The summed E-state index contributed by atoms with van der Waals surface area (Å²) in [5, 5.41) is 5.66. The third-order valence-corrected chi connectivity index (χ3v) is 4.46. The van der Waals surface area contributed by atoms with E-state index in [2.05, 4.69) is 15.1 Å². The first kappa shape index (κ1) is 16.4. The van der Waals surface area contributed by atoms with Crippen LogP contribution in [0.2, 0.25) is 15.2 Å². The van der Waals surface area contributed by atoms with E-state index in [4.69, 9.17) is 39.5 Å². The number of benzene rings is 1. The number of hydrogen-bond acceptors (Lipinski definition) is 4. The van der Waals surface area contributed by atoms with Gasteiger partial charge in [0, 0.05) is 22.8 Å². The molecule has 0 N–H and O–H groups in total. The molecule has 126 valence electrons. The van der Waals surface area contributed by atoms with Gasteiger partial charge in [0.2, 0.25) is 5.90 Å². The first-order valence-electron chi connectivity index (χ1n) is 7.40. The largest absolute Gasteiger partial charge is 0.471 e. The summed E-state index contributed by atoms with van der Waals surface area (Å²) in [6.07, 6.45) is 1.63. The van der Waals surface area contributed by atoms with Crippen LogP contribution in [0.3, 0.4) is 0 Å². The molecule has 4 rings (SSSR count). The van der Waals surface area contributed by atoms with Gasteiger partial charge in [-0.1, -0.05) is 34.8 Å². The van der Waals surface area contributed by atoms with Crippen LogP contribution in [0, 0.1) is 6.92 Å². The van der Waals surface area contributed by atoms with E-state index in [0.29, 0.717) is 39.2 Å². The van der Waals surface area contributed by atoms with E-state index in [-0.39, 0.29) is 0 Å². The third kappa shape index (κ3) is 2.99. The van der Waals surface area contributed by atoms with E-state index in [1.807, 2.05) is 19.1 Å². The fourth-order valence-corrected chi connectivity index (χ4v) is 3.36. The van der Waals surface area contributed by atoms with E-state index in [0.717, 1.165) is 16.8 Å². The van der Waals surface area contributed by atoms with Gasteiger partial charge in [0.25, 0.3) is 0 Å². The molecule has 0 amide bonds. The minimum Gasteiger partial charge on any atom is -0.471 e. The van der Waals surface area contributed by atoms with Crippen LogP contribution in [-0.2, 0) is 11.3 Å². The van der Waals surface area contributed by atoms with Crippen molar-refractivity contribution in [2.45, 2.75) is 13.5 Å². The molecule has 0 unspecified atom stereocenters.